The van der Waals surface area contributed by atoms with Crippen LogP contribution < -0.4 is 10.6 Å². The first-order valence-electron chi connectivity index (χ1n) is 7.97. The van der Waals surface area contributed by atoms with E-state index >= 15 is 0 Å². The van der Waals surface area contributed by atoms with Crippen LogP contribution in [0, 0.1) is 20.8 Å². The Balaban J connectivity index is 2.16. The molecule has 0 aliphatic carbocycles. The van der Waals surface area contributed by atoms with Crippen LogP contribution in [0.4, 0.5) is 11.6 Å². The smallest absolute Gasteiger partial charge is 0.274 e. The molecule has 0 saturated heterocycles. The van der Waals surface area contributed by atoms with Crippen LogP contribution in [-0.2, 0) is 0 Å². The Kier molecular flexibility index (Phi) is 5.68. The molecule has 0 spiro atoms. The molecule has 2 N–H and O–H groups in total. The van der Waals surface area contributed by atoms with E-state index in [9.17, 15) is 4.79 Å². The lowest BCUT2D eigenvalue weighted by molar-refractivity contribution is 0.102. The van der Waals surface area contributed by atoms with E-state index in [4.69, 9.17) is 0 Å². The SMILES string of the molecule is CCCCNc1nc(C)cc(C(=O)Nc2cc(C)ccc2C)n1. The van der Waals surface area contributed by atoms with Crippen molar-refractivity contribution in [2.75, 3.05) is 17.2 Å². The molecule has 1 aromatic carbocycles. The molecule has 0 bridgehead atoms. The van der Waals surface area contributed by atoms with Crippen molar-refractivity contribution in [3.8, 4) is 0 Å². The molecule has 5 nitrogen and oxygen atoms in total. The number of aromatic nitrogens is 2. The number of carbonyl (C=O) groups excluding carboxylic acids is 1. The van der Waals surface area contributed by atoms with Crippen molar-refractivity contribution < 1.29 is 4.79 Å². The minimum atomic E-state index is -0.220. The molecule has 2 aromatic rings. The third-order valence-corrected chi connectivity index (χ3v) is 3.54. The van der Waals surface area contributed by atoms with Crippen molar-refractivity contribution >= 4 is 17.5 Å². The molecule has 0 atom stereocenters. The third kappa shape index (κ3) is 4.77. The first-order valence-corrected chi connectivity index (χ1v) is 7.97. The van der Waals surface area contributed by atoms with Gasteiger partial charge in [0.05, 0.1) is 0 Å². The van der Waals surface area contributed by atoms with Gasteiger partial charge in [-0.25, -0.2) is 9.97 Å². The predicted molar refractivity (Wildman–Crippen MR) is 94.0 cm³/mol. The Morgan fingerprint density at radius 3 is 2.65 bits per heavy atom. The van der Waals surface area contributed by atoms with E-state index in [0.717, 1.165) is 41.9 Å². The summed E-state index contributed by atoms with van der Waals surface area (Å²) in [4.78, 5) is 21.1. The van der Waals surface area contributed by atoms with Gasteiger partial charge in [-0.3, -0.25) is 4.79 Å². The van der Waals surface area contributed by atoms with Gasteiger partial charge in [0.15, 0.2) is 0 Å². The highest BCUT2D eigenvalue weighted by Crippen LogP contribution is 2.17. The number of nitrogens with zero attached hydrogens (tertiary/aromatic N) is 2. The molecule has 1 aromatic heterocycles. The van der Waals surface area contributed by atoms with Crippen LogP contribution in [0.3, 0.4) is 0 Å². The number of benzene rings is 1. The molecule has 5 heteroatoms. The molecule has 2 rings (SSSR count). The van der Waals surface area contributed by atoms with E-state index in [1.807, 2.05) is 39.0 Å². The van der Waals surface area contributed by atoms with E-state index in [2.05, 4.69) is 27.5 Å². The van der Waals surface area contributed by atoms with Crippen molar-refractivity contribution in [2.45, 2.75) is 40.5 Å². The lowest BCUT2D eigenvalue weighted by Crippen LogP contribution is -2.17. The molecule has 0 aliphatic heterocycles. The monoisotopic (exact) mass is 312 g/mol. The largest absolute Gasteiger partial charge is 0.354 e. The third-order valence-electron chi connectivity index (χ3n) is 3.54. The molecule has 0 radical (unpaired) electrons. The maximum absolute atomic E-state index is 12.5. The predicted octanol–water partition coefficient (Wildman–Crippen LogP) is 3.87. The number of nitrogens with one attached hydrogen (secondary N) is 2. The highest BCUT2D eigenvalue weighted by molar-refractivity contribution is 6.03. The van der Waals surface area contributed by atoms with Gasteiger partial charge in [0.25, 0.3) is 5.91 Å². The first kappa shape index (κ1) is 16.9. The van der Waals surface area contributed by atoms with E-state index in [0.29, 0.717) is 11.6 Å². The molecule has 23 heavy (non-hydrogen) atoms. The average molecular weight is 312 g/mol. The van der Waals surface area contributed by atoms with Gasteiger partial charge in [0.2, 0.25) is 5.95 Å². The van der Waals surface area contributed by atoms with Gasteiger partial charge < -0.3 is 10.6 Å². The number of unbranched alkanes of at least 4 members (excludes halogenated alkanes) is 1. The number of carbonyl (C=O) groups is 1. The Labute approximate surface area is 137 Å². The lowest BCUT2D eigenvalue weighted by atomic mass is 10.1. The summed E-state index contributed by atoms with van der Waals surface area (Å²) in [5.41, 5.74) is 4.08. The van der Waals surface area contributed by atoms with Crippen molar-refractivity contribution in [1.29, 1.82) is 0 Å². The maximum Gasteiger partial charge on any atom is 0.274 e. The standard InChI is InChI=1S/C18H24N4O/c1-5-6-9-19-18-20-14(4)11-16(22-18)17(23)21-15-10-12(2)7-8-13(15)3/h7-8,10-11H,5-6,9H2,1-4H3,(H,21,23)(H,19,20,22). The summed E-state index contributed by atoms with van der Waals surface area (Å²) in [7, 11) is 0. The van der Waals surface area contributed by atoms with Crippen molar-refractivity contribution in [3.05, 3.63) is 46.8 Å². The van der Waals surface area contributed by atoms with Crippen LogP contribution in [0.15, 0.2) is 24.3 Å². The molecular formula is C18H24N4O. The van der Waals surface area contributed by atoms with Gasteiger partial charge >= 0.3 is 0 Å². The van der Waals surface area contributed by atoms with E-state index in [1.165, 1.54) is 0 Å². The van der Waals surface area contributed by atoms with E-state index < -0.39 is 0 Å². The second-order valence-corrected chi connectivity index (χ2v) is 5.77. The van der Waals surface area contributed by atoms with Gasteiger partial charge in [-0.05, 0) is 50.5 Å². The fourth-order valence-electron chi connectivity index (χ4n) is 2.20. The van der Waals surface area contributed by atoms with Crippen LogP contribution in [0.2, 0.25) is 0 Å². The summed E-state index contributed by atoms with van der Waals surface area (Å²) >= 11 is 0. The molecule has 1 heterocycles. The van der Waals surface area contributed by atoms with E-state index in [1.54, 1.807) is 6.07 Å². The van der Waals surface area contributed by atoms with Crippen molar-refractivity contribution in [1.82, 2.24) is 9.97 Å². The zero-order valence-electron chi connectivity index (χ0n) is 14.2. The van der Waals surface area contributed by atoms with Crippen LogP contribution in [0.25, 0.3) is 0 Å². The van der Waals surface area contributed by atoms with Crippen LogP contribution in [-0.4, -0.2) is 22.4 Å². The zero-order chi connectivity index (χ0) is 16.8. The highest BCUT2D eigenvalue weighted by atomic mass is 16.1. The number of hydrogen-bond donors (Lipinski definition) is 2. The molecule has 0 saturated carbocycles. The number of hydrogen-bond acceptors (Lipinski definition) is 4. The van der Waals surface area contributed by atoms with Gasteiger partial charge in [-0.2, -0.15) is 0 Å². The summed E-state index contributed by atoms with van der Waals surface area (Å²) < 4.78 is 0. The minimum Gasteiger partial charge on any atom is -0.354 e. The van der Waals surface area contributed by atoms with Gasteiger partial charge in [0.1, 0.15) is 5.69 Å². The summed E-state index contributed by atoms with van der Waals surface area (Å²) in [5, 5.41) is 6.10. The summed E-state index contributed by atoms with van der Waals surface area (Å²) in [6.07, 6.45) is 2.14. The van der Waals surface area contributed by atoms with Crippen LogP contribution in [0.5, 0.6) is 0 Å². The Bertz CT molecular complexity index is 697. The second kappa shape index (κ2) is 7.72. The zero-order valence-corrected chi connectivity index (χ0v) is 14.2. The number of amides is 1. The Morgan fingerprint density at radius 1 is 1.13 bits per heavy atom. The quantitative estimate of drug-likeness (QED) is 0.795. The fourth-order valence-corrected chi connectivity index (χ4v) is 2.20. The van der Waals surface area contributed by atoms with Crippen LogP contribution >= 0.6 is 0 Å². The normalized spacial score (nSPS) is 10.4. The van der Waals surface area contributed by atoms with Crippen molar-refractivity contribution in [3.63, 3.8) is 0 Å². The highest BCUT2D eigenvalue weighted by Gasteiger charge is 2.12. The molecule has 1 amide bonds. The average Bonchev–Trinajstić information content (AvgIpc) is 2.50. The fraction of sp³-hybridized carbons (Fsp3) is 0.389. The minimum absolute atomic E-state index is 0.220. The molecule has 0 unspecified atom stereocenters. The van der Waals surface area contributed by atoms with Gasteiger partial charge in [-0.1, -0.05) is 25.5 Å². The second-order valence-electron chi connectivity index (χ2n) is 5.77. The number of aryl methyl sites for hydroxylation is 3. The summed E-state index contributed by atoms with van der Waals surface area (Å²) in [6, 6.07) is 7.68. The van der Waals surface area contributed by atoms with Gasteiger partial charge in [0, 0.05) is 17.9 Å². The lowest BCUT2D eigenvalue weighted by Gasteiger charge is -2.11. The van der Waals surface area contributed by atoms with Gasteiger partial charge in [-0.15, -0.1) is 0 Å². The molecule has 0 fully saturated rings. The topological polar surface area (TPSA) is 66.9 Å². The van der Waals surface area contributed by atoms with Crippen molar-refractivity contribution in [2.24, 2.45) is 0 Å². The molecule has 0 aliphatic rings. The molecule has 122 valence electrons. The first-order chi connectivity index (χ1) is 11.0. The Morgan fingerprint density at radius 2 is 1.91 bits per heavy atom. The molecular weight excluding hydrogens is 288 g/mol. The summed E-state index contributed by atoms with van der Waals surface area (Å²) in [5.74, 6) is 0.285. The van der Waals surface area contributed by atoms with Crippen LogP contribution in [0.1, 0.15) is 47.1 Å². The summed E-state index contributed by atoms with van der Waals surface area (Å²) in [6.45, 7) is 8.76. The number of anilines is 2. The maximum atomic E-state index is 12.5. The van der Waals surface area contributed by atoms with E-state index in [-0.39, 0.29) is 5.91 Å². The number of rotatable bonds is 6. The Hall–Kier alpha value is -2.43.